The molecule has 2 rings (SSSR count). The second-order valence-corrected chi connectivity index (χ2v) is 6.59. The zero-order valence-electron chi connectivity index (χ0n) is 11.8. The minimum atomic E-state index is -0.0706. The lowest BCUT2D eigenvalue weighted by Crippen LogP contribution is -2.36. The molecule has 18 heavy (non-hydrogen) atoms. The first-order chi connectivity index (χ1) is 8.52. The molecule has 2 saturated carbocycles. The van der Waals surface area contributed by atoms with Crippen molar-refractivity contribution in [3.8, 4) is 0 Å². The zero-order chi connectivity index (χ0) is 13.3. The predicted molar refractivity (Wildman–Crippen MR) is 69.9 cm³/mol. The van der Waals surface area contributed by atoms with E-state index in [1.807, 2.05) is 0 Å². The van der Waals surface area contributed by atoms with Crippen molar-refractivity contribution in [1.29, 1.82) is 0 Å². The van der Waals surface area contributed by atoms with Gasteiger partial charge in [-0.05, 0) is 42.9 Å². The van der Waals surface area contributed by atoms with Crippen molar-refractivity contribution in [2.75, 3.05) is 6.61 Å². The molecular weight excluding hydrogens is 228 g/mol. The Hall–Kier alpha value is -0.570. The molecule has 5 atom stereocenters. The molecule has 3 nitrogen and oxygen atoms in total. The van der Waals surface area contributed by atoms with Gasteiger partial charge < -0.3 is 9.84 Å². The van der Waals surface area contributed by atoms with Crippen molar-refractivity contribution in [3.63, 3.8) is 0 Å². The number of hydrogen-bond acceptors (Lipinski definition) is 3. The van der Waals surface area contributed by atoms with E-state index in [0.717, 1.165) is 12.8 Å². The first kappa shape index (κ1) is 13.9. The molecule has 0 bridgehead atoms. The van der Waals surface area contributed by atoms with Crippen LogP contribution in [0.3, 0.4) is 0 Å². The van der Waals surface area contributed by atoms with Gasteiger partial charge in [0.05, 0.1) is 5.92 Å². The van der Waals surface area contributed by atoms with Gasteiger partial charge in [0.15, 0.2) is 0 Å². The van der Waals surface area contributed by atoms with Crippen LogP contribution in [-0.2, 0) is 9.53 Å². The third-order valence-electron chi connectivity index (χ3n) is 4.69. The van der Waals surface area contributed by atoms with Gasteiger partial charge in [0.25, 0.3) is 0 Å². The van der Waals surface area contributed by atoms with Crippen molar-refractivity contribution in [3.05, 3.63) is 0 Å². The van der Waals surface area contributed by atoms with Gasteiger partial charge in [0.1, 0.15) is 6.10 Å². The van der Waals surface area contributed by atoms with Gasteiger partial charge in [0, 0.05) is 6.61 Å². The average molecular weight is 254 g/mol. The number of hydrogen-bond donors (Lipinski definition) is 1. The molecule has 0 aromatic carbocycles. The molecule has 0 spiro atoms. The number of ether oxygens (including phenoxy) is 1. The zero-order valence-corrected chi connectivity index (χ0v) is 11.8. The Labute approximate surface area is 110 Å². The summed E-state index contributed by atoms with van der Waals surface area (Å²) in [5.41, 5.74) is 0. The molecule has 1 N–H and O–H groups in total. The minimum Gasteiger partial charge on any atom is -0.462 e. The largest absolute Gasteiger partial charge is 0.462 e. The Morgan fingerprint density at radius 1 is 1.33 bits per heavy atom. The van der Waals surface area contributed by atoms with Crippen LogP contribution in [0.4, 0.5) is 0 Å². The van der Waals surface area contributed by atoms with Crippen LogP contribution >= 0.6 is 0 Å². The van der Waals surface area contributed by atoms with Crippen LogP contribution in [-0.4, -0.2) is 23.8 Å². The maximum absolute atomic E-state index is 12.0. The van der Waals surface area contributed by atoms with Crippen molar-refractivity contribution in [2.45, 2.75) is 52.6 Å². The van der Waals surface area contributed by atoms with Crippen LogP contribution in [0, 0.1) is 29.6 Å². The van der Waals surface area contributed by atoms with Gasteiger partial charge in [-0.25, -0.2) is 0 Å². The Bertz CT molecular complexity index is 300. The molecule has 0 aromatic rings. The Morgan fingerprint density at radius 2 is 2.06 bits per heavy atom. The summed E-state index contributed by atoms with van der Waals surface area (Å²) in [6.45, 7) is 6.80. The maximum atomic E-state index is 12.0. The van der Waals surface area contributed by atoms with Crippen LogP contribution in [0.5, 0.6) is 0 Å². The highest BCUT2D eigenvalue weighted by Gasteiger charge is 2.45. The van der Waals surface area contributed by atoms with Gasteiger partial charge in [0.2, 0.25) is 0 Å². The molecule has 2 fully saturated rings. The van der Waals surface area contributed by atoms with Crippen molar-refractivity contribution < 1.29 is 14.6 Å². The van der Waals surface area contributed by atoms with E-state index in [4.69, 9.17) is 9.84 Å². The van der Waals surface area contributed by atoms with Crippen LogP contribution in [0.1, 0.15) is 46.5 Å². The number of aliphatic hydroxyl groups excluding tert-OH is 1. The first-order valence-corrected chi connectivity index (χ1v) is 7.34. The second-order valence-electron chi connectivity index (χ2n) is 6.59. The van der Waals surface area contributed by atoms with Gasteiger partial charge in [-0.1, -0.05) is 27.2 Å². The molecule has 1 unspecified atom stereocenters. The van der Waals surface area contributed by atoms with Crippen molar-refractivity contribution >= 4 is 5.97 Å². The minimum absolute atomic E-state index is 0.0277. The molecule has 0 radical (unpaired) electrons. The van der Waals surface area contributed by atoms with Gasteiger partial charge in [-0.15, -0.1) is 0 Å². The molecular formula is C15H26O3. The summed E-state index contributed by atoms with van der Waals surface area (Å²) >= 11 is 0. The molecule has 0 saturated heterocycles. The molecule has 2 aliphatic carbocycles. The van der Waals surface area contributed by atoms with Crippen LogP contribution in [0.25, 0.3) is 0 Å². The van der Waals surface area contributed by atoms with E-state index >= 15 is 0 Å². The first-order valence-electron chi connectivity index (χ1n) is 7.34. The van der Waals surface area contributed by atoms with E-state index in [1.54, 1.807) is 0 Å². The lowest BCUT2D eigenvalue weighted by Gasteiger charge is -2.36. The molecule has 0 aromatic heterocycles. The highest BCUT2D eigenvalue weighted by atomic mass is 16.5. The molecule has 0 amide bonds. The van der Waals surface area contributed by atoms with E-state index in [0.29, 0.717) is 17.8 Å². The SMILES string of the molecule is CC(C)[C@@H]1CC[C@@H](C)CC1OC(=O)[C@H]1C[C@@H]1CO. The fourth-order valence-electron chi connectivity index (χ4n) is 3.22. The molecule has 3 heteroatoms. The lowest BCUT2D eigenvalue weighted by atomic mass is 9.75. The fraction of sp³-hybridized carbons (Fsp3) is 0.933. The van der Waals surface area contributed by atoms with Gasteiger partial charge in [-0.3, -0.25) is 4.79 Å². The fourth-order valence-corrected chi connectivity index (χ4v) is 3.22. The maximum Gasteiger partial charge on any atom is 0.309 e. The van der Waals surface area contributed by atoms with E-state index in [-0.39, 0.29) is 30.5 Å². The molecule has 2 aliphatic rings. The summed E-state index contributed by atoms with van der Waals surface area (Å²) in [6, 6.07) is 0. The number of rotatable bonds is 4. The summed E-state index contributed by atoms with van der Waals surface area (Å²) in [7, 11) is 0. The molecule has 0 aliphatic heterocycles. The number of carbonyl (C=O) groups is 1. The van der Waals surface area contributed by atoms with Crippen LogP contribution in [0.2, 0.25) is 0 Å². The van der Waals surface area contributed by atoms with E-state index in [2.05, 4.69) is 20.8 Å². The highest BCUT2D eigenvalue weighted by molar-refractivity contribution is 5.75. The highest BCUT2D eigenvalue weighted by Crippen LogP contribution is 2.41. The number of aliphatic hydroxyl groups is 1. The van der Waals surface area contributed by atoms with E-state index < -0.39 is 0 Å². The summed E-state index contributed by atoms with van der Waals surface area (Å²) in [4.78, 5) is 12.0. The van der Waals surface area contributed by atoms with E-state index in [1.165, 1.54) is 12.8 Å². The summed E-state index contributed by atoms with van der Waals surface area (Å²) in [5.74, 6) is 1.81. The summed E-state index contributed by atoms with van der Waals surface area (Å²) in [6.07, 6.45) is 4.33. The number of esters is 1. The summed E-state index contributed by atoms with van der Waals surface area (Å²) < 4.78 is 5.74. The monoisotopic (exact) mass is 254 g/mol. The molecule has 104 valence electrons. The predicted octanol–water partition coefficient (Wildman–Crippen LogP) is 2.62. The van der Waals surface area contributed by atoms with Crippen molar-refractivity contribution in [2.24, 2.45) is 29.6 Å². The van der Waals surface area contributed by atoms with Crippen LogP contribution < -0.4 is 0 Å². The van der Waals surface area contributed by atoms with Gasteiger partial charge >= 0.3 is 5.97 Å². The van der Waals surface area contributed by atoms with Crippen molar-refractivity contribution in [1.82, 2.24) is 0 Å². The normalized spacial score (nSPS) is 39.7. The van der Waals surface area contributed by atoms with E-state index in [9.17, 15) is 4.79 Å². The topological polar surface area (TPSA) is 46.5 Å². The summed E-state index contributed by atoms with van der Waals surface area (Å²) in [5, 5.41) is 9.01. The Kier molecular flexibility index (Phi) is 4.31. The van der Waals surface area contributed by atoms with Crippen LogP contribution in [0.15, 0.2) is 0 Å². The molecule has 0 heterocycles. The van der Waals surface area contributed by atoms with Gasteiger partial charge in [-0.2, -0.15) is 0 Å². The third-order valence-corrected chi connectivity index (χ3v) is 4.69. The Morgan fingerprint density at radius 3 is 2.61 bits per heavy atom. The average Bonchev–Trinajstić information content (AvgIpc) is 3.07. The standard InChI is InChI=1S/C15H26O3/c1-9(2)12-5-4-10(3)6-14(12)18-15(17)13-7-11(13)8-16/h9-14,16H,4-8H2,1-3H3/t10-,11-,12+,13+,14?/m1/s1. The second kappa shape index (κ2) is 5.60. The lowest BCUT2D eigenvalue weighted by molar-refractivity contribution is -0.158. The quantitative estimate of drug-likeness (QED) is 0.784. The third kappa shape index (κ3) is 3.05. The number of carbonyl (C=O) groups excluding carboxylic acids is 1. The Balaban J connectivity index is 1.90. The smallest absolute Gasteiger partial charge is 0.309 e.